The van der Waals surface area contributed by atoms with Gasteiger partial charge in [-0.1, -0.05) is 12.2 Å². The Kier molecular flexibility index (Phi) is 5.48. The van der Waals surface area contributed by atoms with Gasteiger partial charge >= 0.3 is 11.9 Å². The second kappa shape index (κ2) is 6.87. The van der Waals surface area contributed by atoms with Gasteiger partial charge in [0.25, 0.3) is 5.78 Å². The molecular weight excluding hydrogens is 248 g/mol. The van der Waals surface area contributed by atoms with E-state index in [2.05, 4.69) is 11.3 Å². The standard InChI is InChI=1S/C14H18O5/c1-9(2)13(16)18-8-12(15)14(17)19-11-6-4-5-10(3)7-11/h7,11H,1,4-6,8H2,2-3H3. The van der Waals surface area contributed by atoms with Crippen LogP contribution >= 0.6 is 0 Å². The van der Waals surface area contributed by atoms with Crippen LogP contribution in [0.3, 0.4) is 0 Å². The van der Waals surface area contributed by atoms with E-state index in [9.17, 15) is 14.4 Å². The van der Waals surface area contributed by atoms with Gasteiger partial charge in [0.05, 0.1) is 0 Å². The third kappa shape index (κ3) is 5.07. The maximum absolute atomic E-state index is 11.5. The molecule has 0 bridgehead atoms. The molecule has 1 aliphatic carbocycles. The Morgan fingerprint density at radius 2 is 2.05 bits per heavy atom. The second-order valence-corrected chi connectivity index (χ2v) is 4.63. The average molecular weight is 266 g/mol. The molecule has 5 nitrogen and oxygen atoms in total. The summed E-state index contributed by atoms with van der Waals surface area (Å²) in [7, 11) is 0. The number of hydrogen-bond donors (Lipinski definition) is 0. The zero-order valence-corrected chi connectivity index (χ0v) is 11.2. The lowest BCUT2D eigenvalue weighted by atomic mass is 9.99. The lowest BCUT2D eigenvalue weighted by Gasteiger charge is -2.19. The van der Waals surface area contributed by atoms with Crippen LogP contribution in [0, 0.1) is 0 Å². The molecule has 0 N–H and O–H groups in total. The van der Waals surface area contributed by atoms with Gasteiger partial charge in [0.15, 0.2) is 6.61 Å². The van der Waals surface area contributed by atoms with Crippen LogP contribution in [0.5, 0.6) is 0 Å². The van der Waals surface area contributed by atoms with Crippen molar-refractivity contribution in [2.24, 2.45) is 0 Å². The van der Waals surface area contributed by atoms with Crippen molar-refractivity contribution in [2.75, 3.05) is 6.61 Å². The predicted octanol–water partition coefficient (Wildman–Crippen LogP) is 1.72. The van der Waals surface area contributed by atoms with Gasteiger partial charge in [0, 0.05) is 5.57 Å². The number of rotatable bonds is 5. The molecular formula is C14H18O5. The molecule has 0 fully saturated rings. The van der Waals surface area contributed by atoms with Crippen LogP contribution in [-0.4, -0.2) is 30.4 Å². The normalized spacial score (nSPS) is 18.2. The van der Waals surface area contributed by atoms with Gasteiger partial charge in [-0.05, 0) is 39.2 Å². The van der Waals surface area contributed by atoms with Crippen molar-refractivity contribution in [3.8, 4) is 0 Å². The molecule has 0 aliphatic heterocycles. The van der Waals surface area contributed by atoms with Gasteiger partial charge in [-0.15, -0.1) is 0 Å². The first kappa shape index (κ1) is 15.1. The summed E-state index contributed by atoms with van der Waals surface area (Å²) in [6, 6.07) is 0. The molecule has 0 saturated carbocycles. The maximum Gasteiger partial charge on any atom is 0.378 e. The number of Topliss-reactive ketones (excluding diaryl/α,β-unsaturated/α-hetero) is 1. The summed E-state index contributed by atoms with van der Waals surface area (Å²) in [4.78, 5) is 34.0. The molecule has 0 saturated heterocycles. The molecule has 19 heavy (non-hydrogen) atoms. The smallest absolute Gasteiger partial charge is 0.378 e. The molecule has 0 heterocycles. The summed E-state index contributed by atoms with van der Waals surface area (Å²) < 4.78 is 9.63. The lowest BCUT2D eigenvalue weighted by Crippen LogP contribution is -2.28. The Bertz CT molecular complexity index is 433. The molecule has 1 rings (SSSR count). The van der Waals surface area contributed by atoms with E-state index < -0.39 is 24.3 Å². The van der Waals surface area contributed by atoms with Crippen LogP contribution in [0.4, 0.5) is 0 Å². The zero-order chi connectivity index (χ0) is 14.4. The Hall–Kier alpha value is -1.91. The highest BCUT2D eigenvalue weighted by molar-refractivity contribution is 6.34. The van der Waals surface area contributed by atoms with E-state index in [0.717, 1.165) is 18.4 Å². The van der Waals surface area contributed by atoms with Gasteiger partial charge in [-0.3, -0.25) is 4.79 Å². The third-order valence-corrected chi connectivity index (χ3v) is 2.70. The molecule has 0 aromatic heterocycles. The fourth-order valence-electron chi connectivity index (χ4n) is 1.68. The number of esters is 2. The topological polar surface area (TPSA) is 69.7 Å². The summed E-state index contributed by atoms with van der Waals surface area (Å²) in [5.74, 6) is -2.54. The van der Waals surface area contributed by atoms with Crippen molar-refractivity contribution < 1.29 is 23.9 Å². The molecule has 1 aliphatic rings. The lowest BCUT2D eigenvalue weighted by molar-refractivity contribution is -0.160. The molecule has 0 aromatic rings. The minimum atomic E-state index is -0.967. The zero-order valence-electron chi connectivity index (χ0n) is 11.2. The summed E-state index contributed by atoms with van der Waals surface area (Å²) in [5, 5.41) is 0. The largest absolute Gasteiger partial charge is 0.454 e. The van der Waals surface area contributed by atoms with Crippen molar-refractivity contribution in [3.05, 3.63) is 23.8 Å². The highest BCUT2D eigenvalue weighted by atomic mass is 16.6. The van der Waals surface area contributed by atoms with Gasteiger partial charge in [-0.25, -0.2) is 9.59 Å². The summed E-state index contributed by atoms with van der Waals surface area (Å²) in [5.41, 5.74) is 1.32. The predicted molar refractivity (Wildman–Crippen MR) is 68.3 cm³/mol. The number of carbonyl (C=O) groups is 3. The van der Waals surface area contributed by atoms with Crippen LogP contribution in [0.2, 0.25) is 0 Å². The van der Waals surface area contributed by atoms with Crippen LogP contribution in [0.1, 0.15) is 33.1 Å². The van der Waals surface area contributed by atoms with Crippen LogP contribution in [0.15, 0.2) is 23.8 Å². The molecule has 5 heteroatoms. The number of carbonyl (C=O) groups excluding carboxylic acids is 3. The van der Waals surface area contributed by atoms with E-state index >= 15 is 0 Å². The molecule has 1 atom stereocenters. The number of ether oxygens (including phenoxy) is 2. The van der Waals surface area contributed by atoms with Crippen molar-refractivity contribution in [1.29, 1.82) is 0 Å². The third-order valence-electron chi connectivity index (χ3n) is 2.70. The molecule has 0 spiro atoms. The van der Waals surface area contributed by atoms with E-state index in [1.54, 1.807) is 0 Å². The van der Waals surface area contributed by atoms with Crippen LogP contribution in [-0.2, 0) is 23.9 Å². The molecule has 0 aromatic carbocycles. The van der Waals surface area contributed by atoms with E-state index in [4.69, 9.17) is 4.74 Å². The van der Waals surface area contributed by atoms with Crippen molar-refractivity contribution in [2.45, 2.75) is 39.2 Å². The van der Waals surface area contributed by atoms with E-state index in [0.29, 0.717) is 6.42 Å². The molecule has 104 valence electrons. The Morgan fingerprint density at radius 1 is 1.37 bits per heavy atom. The molecule has 1 unspecified atom stereocenters. The Balaban J connectivity index is 2.41. The second-order valence-electron chi connectivity index (χ2n) is 4.63. The highest BCUT2D eigenvalue weighted by Crippen LogP contribution is 2.19. The minimum Gasteiger partial charge on any atom is -0.454 e. The Labute approximate surface area is 112 Å². The maximum atomic E-state index is 11.5. The fourth-order valence-corrected chi connectivity index (χ4v) is 1.68. The number of ketones is 1. The first-order valence-corrected chi connectivity index (χ1v) is 6.14. The molecule has 0 amide bonds. The molecule has 0 radical (unpaired) electrons. The first-order valence-electron chi connectivity index (χ1n) is 6.14. The summed E-state index contributed by atoms with van der Waals surface area (Å²) in [6.45, 7) is 6.17. The monoisotopic (exact) mass is 266 g/mol. The van der Waals surface area contributed by atoms with Gasteiger partial charge in [0.2, 0.25) is 0 Å². The van der Waals surface area contributed by atoms with Crippen molar-refractivity contribution in [1.82, 2.24) is 0 Å². The van der Waals surface area contributed by atoms with Crippen LogP contribution < -0.4 is 0 Å². The quantitative estimate of drug-likeness (QED) is 0.328. The number of allylic oxidation sites excluding steroid dienone is 1. The van der Waals surface area contributed by atoms with E-state index in [1.807, 2.05) is 13.0 Å². The fraction of sp³-hybridized carbons (Fsp3) is 0.500. The van der Waals surface area contributed by atoms with E-state index in [1.165, 1.54) is 6.92 Å². The summed E-state index contributed by atoms with van der Waals surface area (Å²) in [6.07, 6.45) is 4.11. The minimum absolute atomic E-state index is 0.173. The van der Waals surface area contributed by atoms with Crippen LogP contribution in [0.25, 0.3) is 0 Å². The van der Waals surface area contributed by atoms with Crippen molar-refractivity contribution >= 4 is 17.7 Å². The van der Waals surface area contributed by atoms with E-state index in [-0.39, 0.29) is 11.7 Å². The number of hydrogen-bond acceptors (Lipinski definition) is 5. The summed E-state index contributed by atoms with van der Waals surface area (Å²) >= 11 is 0. The SMILES string of the molecule is C=C(C)C(=O)OCC(=O)C(=O)OC1C=C(C)CCC1. The Morgan fingerprint density at radius 3 is 2.63 bits per heavy atom. The van der Waals surface area contributed by atoms with Gasteiger partial charge in [-0.2, -0.15) is 0 Å². The first-order chi connectivity index (χ1) is 8.90. The van der Waals surface area contributed by atoms with Gasteiger partial charge in [0.1, 0.15) is 6.10 Å². The average Bonchev–Trinajstić information content (AvgIpc) is 2.35. The highest BCUT2D eigenvalue weighted by Gasteiger charge is 2.22. The van der Waals surface area contributed by atoms with Gasteiger partial charge < -0.3 is 9.47 Å². The van der Waals surface area contributed by atoms with Crippen molar-refractivity contribution in [3.63, 3.8) is 0 Å².